The van der Waals surface area contributed by atoms with Crippen molar-refractivity contribution in [3.63, 3.8) is 0 Å². The van der Waals surface area contributed by atoms with Crippen LogP contribution in [-0.2, 0) is 4.74 Å². The third-order valence-corrected chi connectivity index (χ3v) is 3.67. The number of nitrogens with zero attached hydrogens (tertiary/aromatic N) is 1. The molecule has 21 heavy (non-hydrogen) atoms. The van der Waals surface area contributed by atoms with E-state index in [1.165, 1.54) is 18.2 Å². The van der Waals surface area contributed by atoms with Crippen LogP contribution in [0.2, 0.25) is 0 Å². The molecule has 0 amide bonds. The minimum Gasteiger partial charge on any atom is -0.406 e. The highest BCUT2D eigenvalue weighted by molar-refractivity contribution is 5.31. The molecule has 1 heterocycles. The van der Waals surface area contributed by atoms with Crippen molar-refractivity contribution >= 4 is 0 Å². The van der Waals surface area contributed by atoms with Gasteiger partial charge in [0.15, 0.2) is 0 Å². The van der Waals surface area contributed by atoms with Gasteiger partial charge in [0, 0.05) is 25.2 Å². The van der Waals surface area contributed by atoms with Crippen molar-refractivity contribution in [2.45, 2.75) is 24.9 Å². The highest BCUT2D eigenvalue weighted by Gasteiger charge is 2.32. The molecule has 2 atom stereocenters. The zero-order valence-corrected chi connectivity index (χ0v) is 11.8. The van der Waals surface area contributed by atoms with Gasteiger partial charge in [0.05, 0.1) is 6.61 Å². The fourth-order valence-corrected chi connectivity index (χ4v) is 2.55. The van der Waals surface area contributed by atoms with Crippen molar-refractivity contribution in [1.29, 1.82) is 0 Å². The maximum absolute atomic E-state index is 12.3. The van der Waals surface area contributed by atoms with Crippen LogP contribution in [0, 0.1) is 0 Å². The molecule has 2 N–H and O–H groups in total. The molecule has 0 radical (unpaired) electrons. The Morgan fingerprint density at radius 3 is 2.81 bits per heavy atom. The maximum atomic E-state index is 12.3. The van der Waals surface area contributed by atoms with E-state index in [0.29, 0.717) is 25.3 Å². The summed E-state index contributed by atoms with van der Waals surface area (Å²) in [4.78, 5) is 2.06. The molecule has 1 aromatic carbocycles. The summed E-state index contributed by atoms with van der Waals surface area (Å²) in [6.45, 7) is 1.62. The van der Waals surface area contributed by atoms with Gasteiger partial charge in [0.1, 0.15) is 5.75 Å². The maximum Gasteiger partial charge on any atom is 0.573 e. The van der Waals surface area contributed by atoms with Gasteiger partial charge in [-0.2, -0.15) is 0 Å². The standard InChI is InChI=1S/C14H19F3N2O2/c1-19(11-5-6-20-9-11)13(8-18)10-3-2-4-12(7-10)21-14(15,16)17/h2-4,7,11,13H,5-6,8-9,18H2,1H3. The monoisotopic (exact) mass is 304 g/mol. The lowest BCUT2D eigenvalue weighted by Gasteiger charge is -2.32. The number of hydrogen-bond donors (Lipinski definition) is 1. The lowest BCUT2D eigenvalue weighted by atomic mass is 10.0. The Labute approximate surface area is 121 Å². The fourth-order valence-electron chi connectivity index (χ4n) is 2.55. The van der Waals surface area contributed by atoms with E-state index in [0.717, 1.165) is 6.42 Å². The van der Waals surface area contributed by atoms with E-state index in [1.54, 1.807) is 6.07 Å². The fraction of sp³-hybridized carbons (Fsp3) is 0.571. The van der Waals surface area contributed by atoms with Crippen LogP contribution in [0.1, 0.15) is 18.0 Å². The lowest BCUT2D eigenvalue weighted by molar-refractivity contribution is -0.274. The van der Waals surface area contributed by atoms with Gasteiger partial charge in [0.25, 0.3) is 0 Å². The summed E-state index contributed by atoms with van der Waals surface area (Å²) in [6.07, 6.45) is -3.80. The molecular formula is C14H19F3N2O2. The van der Waals surface area contributed by atoms with Crippen LogP contribution in [-0.4, -0.2) is 44.1 Å². The number of nitrogens with two attached hydrogens (primary N) is 1. The van der Waals surface area contributed by atoms with Crippen LogP contribution < -0.4 is 10.5 Å². The van der Waals surface area contributed by atoms with Gasteiger partial charge in [-0.25, -0.2) is 0 Å². The Bertz CT molecular complexity index is 462. The largest absolute Gasteiger partial charge is 0.573 e. The van der Waals surface area contributed by atoms with Crippen molar-refractivity contribution in [1.82, 2.24) is 4.90 Å². The number of likely N-dealkylation sites (N-methyl/N-ethyl adjacent to an activating group) is 1. The van der Waals surface area contributed by atoms with Crippen molar-refractivity contribution in [3.8, 4) is 5.75 Å². The van der Waals surface area contributed by atoms with Gasteiger partial charge in [-0.05, 0) is 31.2 Å². The summed E-state index contributed by atoms with van der Waals surface area (Å²) in [6, 6.07) is 6.02. The first kappa shape index (κ1) is 16.1. The van der Waals surface area contributed by atoms with Gasteiger partial charge in [-0.15, -0.1) is 13.2 Å². The Kier molecular flexibility index (Phi) is 5.08. The molecule has 0 bridgehead atoms. The Morgan fingerprint density at radius 2 is 2.24 bits per heavy atom. The summed E-state index contributed by atoms with van der Waals surface area (Å²) < 4.78 is 46.2. The summed E-state index contributed by atoms with van der Waals surface area (Å²) in [5.41, 5.74) is 6.51. The molecule has 1 aromatic rings. The molecule has 1 aliphatic heterocycles. The highest BCUT2D eigenvalue weighted by Crippen LogP contribution is 2.29. The molecule has 118 valence electrons. The van der Waals surface area contributed by atoms with Crippen LogP contribution in [0.15, 0.2) is 24.3 Å². The average Bonchev–Trinajstić information content (AvgIpc) is 2.91. The van der Waals surface area contributed by atoms with Crippen molar-refractivity contribution < 1.29 is 22.6 Å². The highest BCUT2D eigenvalue weighted by atomic mass is 19.4. The van der Waals surface area contributed by atoms with Gasteiger partial charge in [0.2, 0.25) is 0 Å². The summed E-state index contributed by atoms with van der Waals surface area (Å²) in [5.74, 6) is -0.227. The molecule has 7 heteroatoms. The number of benzene rings is 1. The molecule has 1 aliphatic rings. The Hall–Kier alpha value is -1.31. The second-order valence-electron chi connectivity index (χ2n) is 5.05. The van der Waals surface area contributed by atoms with Crippen LogP contribution in [0.4, 0.5) is 13.2 Å². The lowest BCUT2D eigenvalue weighted by Crippen LogP contribution is -2.39. The first-order valence-electron chi connectivity index (χ1n) is 6.76. The minimum atomic E-state index is -4.69. The summed E-state index contributed by atoms with van der Waals surface area (Å²) in [5, 5.41) is 0. The SMILES string of the molecule is CN(C1CCOC1)C(CN)c1cccc(OC(F)(F)F)c1. The van der Waals surface area contributed by atoms with Crippen LogP contribution in [0.5, 0.6) is 5.75 Å². The van der Waals surface area contributed by atoms with E-state index in [2.05, 4.69) is 9.64 Å². The molecule has 1 saturated heterocycles. The minimum absolute atomic E-state index is 0.173. The van der Waals surface area contributed by atoms with E-state index in [4.69, 9.17) is 10.5 Å². The van der Waals surface area contributed by atoms with Crippen LogP contribution in [0.25, 0.3) is 0 Å². The van der Waals surface area contributed by atoms with Crippen LogP contribution >= 0.6 is 0 Å². The third-order valence-electron chi connectivity index (χ3n) is 3.67. The van der Waals surface area contributed by atoms with E-state index < -0.39 is 6.36 Å². The van der Waals surface area contributed by atoms with Crippen molar-refractivity contribution in [2.24, 2.45) is 5.73 Å². The first-order chi connectivity index (χ1) is 9.90. The van der Waals surface area contributed by atoms with Crippen molar-refractivity contribution in [3.05, 3.63) is 29.8 Å². The van der Waals surface area contributed by atoms with E-state index in [-0.39, 0.29) is 17.8 Å². The van der Waals surface area contributed by atoms with Gasteiger partial charge in [-0.1, -0.05) is 12.1 Å². The van der Waals surface area contributed by atoms with E-state index in [9.17, 15) is 13.2 Å². The molecule has 0 spiro atoms. The number of halogens is 3. The summed E-state index contributed by atoms with van der Waals surface area (Å²) in [7, 11) is 1.91. The molecule has 0 saturated carbocycles. The zero-order chi connectivity index (χ0) is 15.5. The van der Waals surface area contributed by atoms with Crippen LogP contribution in [0.3, 0.4) is 0 Å². The summed E-state index contributed by atoms with van der Waals surface area (Å²) >= 11 is 0. The van der Waals surface area contributed by atoms with Gasteiger partial charge >= 0.3 is 6.36 Å². The number of hydrogen-bond acceptors (Lipinski definition) is 4. The molecule has 2 unspecified atom stereocenters. The predicted molar refractivity (Wildman–Crippen MR) is 71.9 cm³/mol. The molecule has 1 fully saturated rings. The zero-order valence-electron chi connectivity index (χ0n) is 11.8. The molecule has 2 rings (SSSR count). The molecule has 0 aliphatic carbocycles. The molecular weight excluding hydrogens is 285 g/mol. The normalized spacial score (nSPS) is 20.8. The van der Waals surface area contributed by atoms with Gasteiger partial charge in [-0.3, -0.25) is 4.90 Å². The molecule has 0 aromatic heterocycles. The van der Waals surface area contributed by atoms with E-state index >= 15 is 0 Å². The second kappa shape index (κ2) is 6.64. The van der Waals surface area contributed by atoms with Gasteiger partial charge < -0.3 is 15.2 Å². The predicted octanol–water partition coefficient (Wildman–Crippen LogP) is 2.31. The number of alkyl halides is 3. The quantitative estimate of drug-likeness (QED) is 0.907. The van der Waals surface area contributed by atoms with E-state index in [1.807, 2.05) is 7.05 Å². The Morgan fingerprint density at radius 1 is 1.48 bits per heavy atom. The second-order valence-corrected chi connectivity index (χ2v) is 5.05. The third kappa shape index (κ3) is 4.33. The Balaban J connectivity index is 2.15. The smallest absolute Gasteiger partial charge is 0.406 e. The molecule has 4 nitrogen and oxygen atoms in total. The average molecular weight is 304 g/mol. The van der Waals surface area contributed by atoms with Crippen molar-refractivity contribution in [2.75, 3.05) is 26.8 Å². The number of rotatable bonds is 5. The topological polar surface area (TPSA) is 47.7 Å². The first-order valence-corrected chi connectivity index (χ1v) is 6.76. The number of ether oxygens (including phenoxy) is 2.